The fourth-order valence-electron chi connectivity index (χ4n) is 1.64. The average Bonchev–Trinajstić information content (AvgIpc) is 2.90. The summed E-state index contributed by atoms with van der Waals surface area (Å²) in [6.07, 6.45) is 2.87. The minimum Gasteiger partial charge on any atom is -0.497 e. The highest BCUT2D eigenvalue weighted by molar-refractivity contribution is 5.59. The molecule has 2 rings (SSSR count). The summed E-state index contributed by atoms with van der Waals surface area (Å²) in [6.45, 7) is 2.38. The molecule has 0 bridgehead atoms. The second-order valence-electron chi connectivity index (χ2n) is 3.79. The summed E-state index contributed by atoms with van der Waals surface area (Å²) < 4.78 is 11.9. The van der Waals surface area contributed by atoms with Crippen molar-refractivity contribution in [2.24, 2.45) is 4.99 Å². The Kier molecular flexibility index (Phi) is 4.35. The van der Waals surface area contributed by atoms with E-state index in [2.05, 4.69) is 9.98 Å². The van der Waals surface area contributed by atoms with Crippen LogP contribution >= 0.6 is 0 Å². The molecule has 102 valence electrons. The molecule has 0 radical (unpaired) electrons. The summed E-state index contributed by atoms with van der Waals surface area (Å²) in [4.78, 5) is 8.18. The van der Waals surface area contributed by atoms with Crippen molar-refractivity contribution < 1.29 is 9.47 Å². The van der Waals surface area contributed by atoms with Crippen LogP contribution in [-0.2, 0) is 4.74 Å². The maximum Gasteiger partial charge on any atom is 0.185 e. The highest BCUT2D eigenvalue weighted by Crippen LogP contribution is 2.23. The zero-order chi connectivity index (χ0) is 14.4. The number of aromatic nitrogens is 2. The molecule has 0 N–H and O–H groups in total. The van der Waals surface area contributed by atoms with Crippen LogP contribution in [0.4, 0.5) is 5.82 Å². The Hall–Kier alpha value is -2.81. The predicted molar refractivity (Wildman–Crippen MR) is 74.6 cm³/mol. The second kappa shape index (κ2) is 6.38. The first kappa shape index (κ1) is 13.6. The van der Waals surface area contributed by atoms with Crippen LogP contribution in [0, 0.1) is 11.3 Å². The van der Waals surface area contributed by atoms with Gasteiger partial charge in [-0.3, -0.25) is 4.57 Å². The van der Waals surface area contributed by atoms with Gasteiger partial charge in [-0.2, -0.15) is 10.3 Å². The second-order valence-corrected chi connectivity index (χ2v) is 3.79. The lowest BCUT2D eigenvalue weighted by Crippen LogP contribution is -1.93. The van der Waals surface area contributed by atoms with Crippen molar-refractivity contribution in [1.29, 1.82) is 5.26 Å². The van der Waals surface area contributed by atoms with Crippen LogP contribution in [0.1, 0.15) is 12.6 Å². The molecule has 2 aromatic rings. The summed E-state index contributed by atoms with van der Waals surface area (Å²) in [7, 11) is 1.61. The van der Waals surface area contributed by atoms with Crippen molar-refractivity contribution in [2.75, 3.05) is 13.7 Å². The Balaban J connectivity index is 2.40. The average molecular weight is 270 g/mol. The number of aliphatic imine (C=N–C) groups is 1. The lowest BCUT2D eigenvalue weighted by atomic mass is 10.3. The molecule has 1 aromatic carbocycles. The van der Waals surface area contributed by atoms with Gasteiger partial charge in [-0.25, -0.2) is 4.98 Å². The Morgan fingerprint density at radius 2 is 2.15 bits per heavy atom. The number of hydrogen-bond acceptors (Lipinski definition) is 5. The lowest BCUT2D eigenvalue weighted by Gasteiger charge is -2.06. The highest BCUT2D eigenvalue weighted by atomic mass is 16.5. The van der Waals surface area contributed by atoms with Gasteiger partial charge < -0.3 is 9.47 Å². The third-order valence-electron chi connectivity index (χ3n) is 2.61. The first-order valence-corrected chi connectivity index (χ1v) is 6.06. The SMILES string of the molecule is CCOC=Nc1c(C#N)ncn1-c1ccc(OC)cc1. The number of methoxy groups -OCH3 is 1. The molecule has 6 nitrogen and oxygen atoms in total. The summed E-state index contributed by atoms with van der Waals surface area (Å²) >= 11 is 0. The van der Waals surface area contributed by atoms with Gasteiger partial charge in [0.05, 0.1) is 13.7 Å². The standard InChI is InChI=1S/C14H14N4O2/c1-3-20-10-17-14-13(8-15)16-9-18(14)11-4-6-12(19-2)7-5-11/h4-7,9-10H,3H2,1-2H3. The maximum absolute atomic E-state index is 9.06. The molecule has 0 fully saturated rings. The number of hydrogen-bond donors (Lipinski definition) is 0. The van der Waals surface area contributed by atoms with Crippen LogP contribution in [0.25, 0.3) is 5.69 Å². The van der Waals surface area contributed by atoms with Crippen molar-refractivity contribution in [3.05, 3.63) is 36.3 Å². The first-order valence-electron chi connectivity index (χ1n) is 6.06. The van der Waals surface area contributed by atoms with Gasteiger partial charge in [0.15, 0.2) is 17.9 Å². The molecule has 0 aliphatic rings. The molecule has 0 amide bonds. The van der Waals surface area contributed by atoms with E-state index < -0.39 is 0 Å². The van der Waals surface area contributed by atoms with Crippen molar-refractivity contribution in [3.63, 3.8) is 0 Å². The molecule has 0 saturated carbocycles. The Morgan fingerprint density at radius 1 is 1.40 bits per heavy atom. The van der Waals surface area contributed by atoms with Crippen LogP contribution in [0.3, 0.4) is 0 Å². The molecular formula is C14H14N4O2. The van der Waals surface area contributed by atoms with Crippen molar-refractivity contribution in [1.82, 2.24) is 9.55 Å². The van der Waals surface area contributed by atoms with Gasteiger partial charge in [0.25, 0.3) is 0 Å². The summed E-state index contributed by atoms with van der Waals surface area (Å²) in [5, 5.41) is 9.06. The number of nitrogens with zero attached hydrogens (tertiary/aromatic N) is 4. The van der Waals surface area contributed by atoms with E-state index in [0.717, 1.165) is 11.4 Å². The quantitative estimate of drug-likeness (QED) is 0.618. The largest absolute Gasteiger partial charge is 0.497 e. The summed E-state index contributed by atoms with van der Waals surface area (Å²) in [6, 6.07) is 9.40. The van der Waals surface area contributed by atoms with E-state index >= 15 is 0 Å². The molecule has 0 aliphatic carbocycles. The molecular weight excluding hydrogens is 256 g/mol. The molecule has 0 atom stereocenters. The summed E-state index contributed by atoms with van der Waals surface area (Å²) in [5.41, 5.74) is 1.08. The molecule has 6 heteroatoms. The van der Waals surface area contributed by atoms with Gasteiger partial charge in [-0.15, -0.1) is 0 Å². The minimum absolute atomic E-state index is 0.247. The normalized spacial score (nSPS) is 10.4. The molecule has 1 heterocycles. The summed E-state index contributed by atoms with van der Waals surface area (Å²) in [5.74, 6) is 1.19. The van der Waals surface area contributed by atoms with E-state index in [1.807, 2.05) is 37.3 Å². The van der Waals surface area contributed by atoms with Gasteiger partial charge in [-0.05, 0) is 31.2 Å². The van der Waals surface area contributed by atoms with Crippen molar-refractivity contribution in [3.8, 4) is 17.5 Å². The van der Waals surface area contributed by atoms with Crippen LogP contribution < -0.4 is 4.74 Å². The van der Waals surface area contributed by atoms with E-state index in [9.17, 15) is 0 Å². The van der Waals surface area contributed by atoms with Gasteiger partial charge in [0.2, 0.25) is 0 Å². The zero-order valence-corrected chi connectivity index (χ0v) is 11.3. The maximum atomic E-state index is 9.06. The Bertz CT molecular complexity index is 638. The monoisotopic (exact) mass is 270 g/mol. The van der Waals surface area contributed by atoms with Crippen LogP contribution in [0.5, 0.6) is 5.75 Å². The Labute approximate surface area is 116 Å². The van der Waals surface area contributed by atoms with E-state index in [-0.39, 0.29) is 5.69 Å². The highest BCUT2D eigenvalue weighted by Gasteiger charge is 2.11. The smallest absolute Gasteiger partial charge is 0.185 e. The predicted octanol–water partition coefficient (Wildman–Crippen LogP) is 2.45. The number of imidazole rings is 1. The van der Waals surface area contributed by atoms with Crippen LogP contribution in [0.2, 0.25) is 0 Å². The van der Waals surface area contributed by atoms with E-state index in [0.29, 0.717) is 12.4 Å². The topological polar surface area (TPSA) is 72.4 Å². The molecule has 1 aromatic heterocycles. The third kappa shape index (κ3) is 2.78. The van der Waals surface area contributed by atoms with Gasteiger partial charge in [0, 0.05) is 5.69 Å². The number of benzene rings is 1. The number of ether oxygens (including phenoxy) is 2. The lowest BCUT2D eigenvalue weighted by molar-refractivity contribution is 0.344. The molecule has 0 aliphatic heterocycles. The fraction of sp³-hybridized carbons (Fsp3) is 0.214. The van der Waals surface area contributed by atoms with Crippen molar-refractivity contribution >= 4 is 12.2 Å². The first-order chi connectivity index (χ1) is 9.80. The van der Waals surface area contributed by atoms with Crippen LogP contribution in [-0.4, -0.2) is 29.7 Å². The van der Waals surface area contributed by atoms with E-state index in [1.54, 1.807) is 18.0 Å². The zero-order valence-electron chi connectivity index (χ0n) is 11.3. The Morgan fingerprint density at radius 3 is 2.75 bits per heavy atom. The van der Waals surface area contributed by atoms with Crippen LogP contribution in [0.15, 0.2) is 35.6 Å². The van der Waals surface area contributed by atoms with Gasteiger partial charge in [0.1, 0.15) is 18.1 Å². The fourth-order valence-corrected chi connectivity index (χ4v) is 1.64. The third-order valence-corrected chi connectivity index (χ3v) is 2.61. The van der Waals surface area contributed by atoms with E-state index in [1.165, 1.54) is 6.40 Å². The number of nitriles is 1. The minimum atomic E-state index is 0.247. The van der Waals surface area contributed by atoms with Crippen molar-refractivity contribution in [2.45, 2.75) is 6.92 Å². The molecule has 20 heavy (non-hydrogen) atoms. The van der Waals surface area contributed by atoms with Gasteiger partial charge in [-0.1, -0.05) is 0 Å². The van der Waals surface area contributed by atoms with Gasteiger partial charge >= 0.3 is 0 Å². The molecule has 0 spiro atoms. The van der Waals surface area contributed by atoms with E-state index in [4.69, 9.17) is 14.7 Å². The number of rotatable bonds is 5. The molecule has 0 unspecified atom stereocenters. The molecule has 0 saturated heterocycles.